The van der Waals surface area contributed by atoms with Crippen LogP contribution in [0.4, 0.5) is 15.2 Å². The summed E-state index contributed by atoms with van der Waals surface area (Å²) >= 11 is 7.30. The summed E-state index contributed by atoms with van der Waals surface area (Å²) in [4.78, 5) is 20.9. The maximum Gasteiger partial charge on any atom is 0.322 e. The van der Waals surface area contributed by atoms with E-state index in [1.165, 1.54) is 11.6 Å². The van der Waals surface area contributed by atoms with Gasteiger partial charge < -0.3 is 10.2 Å². The molecule has 0 amide bonds. The van der Waals surface area contributed by atoms with Gasteiger partial charge in [0, 0.05) is 30.2 Å². The highest BCUT2D eigenvalue weighted by Crippen LogP contribution is 2.35. The van der Waals surface area contributed by atoms with E-state index in [1.807, 2.05) is 0 Å². The molecule has 1 saturated heterocycles. The number of hydrogen-bond donors (Lipinski definition) is 1. The maximum absolute atomic E-state index is 15.1. The highest BCUT2D eigenvalue weighted by molar-refractivity contribution is 7.92. The van der Waals surface area contributed by atoms with Crippen LogP contribution in [0.5, 0.6) is 0 Å². The third kappa shape index (κ3) is 4.98. The first-order valence-electron chi connectivity index (χ1n) is 10.8. The molecule has 1 aliphatic heterocycles. The third-order valence-electron chi connectivity index (χ3n) is 6.17. The van der Waals surface area contributed by atoms with Crippen molar-refractivity contribution in [1.29, 1.82) is 5.26 Å². The van der Waals surface area contributed by atoms with Crippen molar-refractivity contribution in [2.75, 3.05) is 22.9 Å². The van der Waals surface area contributed by atoms with Crippen LogP contribution in [0.25, 0.3) is 0 Å². The first-order valence-corrected chi connectivity index (χ1v) is 13.5. The average molecular weight is 528 g/mol. The van der Waals surface area contributed by atoms with Crippen LogP contribution in [0.3, 0.4) is 0 Å². The summed E-state index contributed by atoms with van der Waals surface area (Å²) in [6.45, 7) is 1.47. The smallest absolute Gasteiger partial charge is 0.322 e. The van der Waals surface area contributed by atoms with Crippen LogP contribution in [0.1, 0.15) is 32.1 Å². The molecule has 34 heavy (non-hydrogen) atoms. The van der Waals surface area contributed by atoms with Gasteiger partial charge in [0.1, 0.15) is 10.7 Å². The van der Waals surface area contributed by atoms with Crippen LogP contribution in [0.15, 0.2) is 28.6 Å². The number of hydrogen-bond acceptors (Lipinski definition) is 9. The number of nitrogens with one attached hydrogen (secondary N) is 1. The number of thiazole rings is 1. The largest absolute Gasteiger partial charge is 0.379 e. The lowest BCUT2D eigenvalue weighted by molar-refractivity contribution is -0.128. The number of anilines is 2. The van der Waals surface area contributed by atoms with Crippen LogP contribution in [-0.2, 0) is 19.7 Å². The maximum atomic E-state index is 15.1. The number of halogens is 2. The second-order valence-electron chi connectivity index (χ2n) is 8.22. The first-order chi connectivity index (χ1) is 16.3. The normalized spacial score (nSPS) is 23.3. The molecule has 0 spiro atoms. The lowest BCUT2D eigenvalue weighted by Gasteiger charge is -2.39. The fraction of sp³-hybridized carbons (Fsp3) is 0.476. The van der Waals surface area contributed by atoms with Gasteiger partial charge in [-0.3, -0.25) is 9.69 Å². The number of aromatic nitrogens is 1. The lowest BCUT2D eigenvalue weighted by Crippen LogP contribution is -2.48. The molecule has 2 aliphatic rings. The van der Waals surface area contributed by atoms with E-state index in [0.717, 1.165) is 62.1 Å². The van der Waals surface area contributed by atoms with Gasteiger partial charge in [-0.25, -0.2) is 9.37 Å². The molecular formula is C21H23ClFN5O4S2. The van der Waals surface area contributed by atoms with Crippen LogP contribution < -0.4 is 9.79 Å². The van der Waals surface area contributed by atoms with Crippen molar-refractivity contribution < 1.29 is 22.4 Å². The second-order valence-corrected chi connectivity index (χ2v) is 11.2. The predicted molar refractivity (Wildman–Crippen MR) is 125 cm³/mol. The molecule has 3 atom stereocenters. The Morgan fingerprint density at radius 1 is 1.35 bits per heavy atom. The van der Waals surface area contributed by atoms with Gasteiger partial charge in [0.25, 0.3) is 0 Å². The van der Waals surface area contributed by atoms with Gasteiger partial charge in [0.05, 0.1) is 22.7 Å². The van der Waals surface area contributed by atoms with E-state index in [0.29, 0.717) is 6.54 Å². The molecule has 2 heterocycles. The van der Waals surface area contributed by atoms with Crippen LogP contribution in [-0.4, -0.2) is 49.9 Å². The van der Waals surface area contributed by atoms with E-state index in [1.54, 1.807) is 0 Å². The summed E-state index contributed by atoms with van der Waals surface area (Å²) in [5, 5.41) is 13.9. The van der Waals surface area contributed by atoms with Crippen molar-refractivity contribution in [2.24, 2.45) is 5.92 Å². The van der Waals surface area contributed by atoms with Gasteiger partial charge in [0.15, 0.2) is 0 Å². The van der Waals surface area contributed by atoms with Gasteiger partial charge in [-0.15, -0.1) is 11.3 Å². The fourth-order valence-electron chi connectivity index (χ4n) is 4.59. The minimum absolute atomic E-state index is 0.0162. The van der Waals surface area contributed by atoms with Crippen molar-refractivity contribution in [2.45, 2.75) is 49.1 Å². The number of rotatable bonds is 8. The molecule has 2 aromatic rings. The summed E-state index contributed by atoms with van der Waals surface area (Å²) < 4.78 is 41.4. The molecule has 1 aromatic carbocycles. The molecule has 182 valence electrons. The minimum atomic E-state index is -4.62. The Balaban J connectivity index is 1.59. The molecule has 0 unspecified atom stereocenters. The summed E-state index contributed by atoms with van der Waals surface area (Å²) in [5.74, 6) is -1.02. The number of nitriles is 1. The number of carbonyl (C=O) groups excluding carboxylic acids is 1. The van der Waals surface area contributed by atoms with Gasteiger partial charge in [0.2, 0.25) is 5.13 Å². The quantitative estimate of drug-likeness (QED) is 0.407. The molecule has 0 bridgehead atoms. The number of likely N-dealkylation sites (tertiary alicyclic amines) is 1. The van der Waals surface area contributed by atoms with Crippen LogP contribution in [0.2, 0.25) is 5.02 Å². The Hall–Kier alpha value is -2.46. The third-order valence-corrected chi connectivity index (χ3v) is 8.91. The SMILES string of the molecule is N#C[C@H]1CCN([C@H]2CCCC[C@@H]2Nc2cc(F)c(S(=O)(=O)N(OC=O)c3nccs3)cc2Cl)C1. The summed E-state index contributed by atoms with van der Waals surface area (Å²) in [7, 11) is -4.62. The highest BCUT2D eigenvalue weighted by Gasteiger charge is 2.36. The molecular weight excluding hydrogens is 505 g/mol. The van der Waals surface area contributed by atoms with E-state index in [-0.39, 0.29) is 44.8 Å². The summed E-state index contributed by atoms with van der Waals surface area (Å²) in [6, 6.07) is 4.54. The van der Waals surface area contributed by atoms with Gasteiger partial charge in [-0.1, -0.05) is 28.9 Å². The second kappa shape index (κ2) is 10.4. The van der Waals surface area contributed by atoms with E-state index in [4.69, 9.17) is 11.6 Å². The Bertz CT molecular complexity index is 1170. The van der Waals surface area contributed by atoms with Crippen LogP contribution in [0, 0.1) is 23.1 Å². The molecule has 1 saturated carbocycles. The molecule has 4 rings (SSSR count). The molecule has 2 fully saturated rings. The lowest BCUT2D eigenvalue weighted by atomic mass is 9.89. The van der Waals surface area contributed by atoms with Crippen molar-refractivity contribution in [3.05, 3.63) is 34.5 Å². The minimum Gasteiger partial charge on any atom is -0.379 e. The zero-order chi connectivity index (χ0) is 24.3. The van der Waals surface area contributed by atoms with E-state index in [9.17, 15) is 18.5 Å². The van der Waals surface area contributed by atoms with E-state index < -0.39 is 20.7 Å². The van der Waals surface area contributed by atoms with Crippen molar-refractivity contribution in [1.82, 2.24) is 9.88 Å². The summed E-state index contributed by atoms with van der Waals surface area (Å²) in [6.07, 6.45) is 6.03. The molecule has 1 aliphatic carbocycles. The Morgan fingerprint density at radius 3 is 2.82 bits per heavy atom. The zero-order valence-corrected chi connectivity index (χ0v) is 20.5. The summed E-state index contributed by atoms with van der Waals surface area (Å²) in [5.41, 5.74) is 0.281. The van der Waals surface area contributed by atoms with Crippen molar-refractivity contribution >= 4 is 50.3 Å². The standard InChI is InChI=1S/C21H23ClFN5O4S2/c22-15-9-20(34(30,31)28(32-13-29)21-25-6-8-33-21)16(23)10-18(15)26-17-3-1-2-4-19(17)27-7-5-14(11-24)12-27/h6,8-10,13-14,17,19,26H,1-5,7,12H2/t14-,17+,19+/m1/s1. The average Bonchev–Trinajstić information content (AvgIpc) is 3.52. The number of sulfonamides is 1. The molecule has 9 nitrogen and oxygen atoms in total. The zero-order valence-electron chi connectivity index (χ0n) is 18.1. The van der Waals surface area contributed by atoms with Crippen LogP contribution >= 0.6 is 22.9 Å². The molecule has 13 heteroatoms. The Labute approximate surface area is 206 Å². The first kappa shape index (κ1) is 24.7. The number of nitrogens with zero attached hydrogens (tertiary/aromatic N) is 4. The number of carbonyl (C=O) groups is 1. The molecule has 0 radical (unpaired) electrons. The van der Waals surface area contributed by atoms with Gasteiger partial charge in [-0.2, -0.15) is 13.7 Å². The van der Waals surface area contributed by atoms with Crippen molar-refractivity contribution in [3.63, 3.8) is 0 Å². The molecule has 1 aromatic heterocycles. The van der Waals surface area contributed by atoms with Gasteiger partial charge >= 0.3 is 16.5 Å². The monoisotopic (exact) mass is 527 g/mol. The highest BCUT2D eigenvalue weighted by atomic mass is 35.5. The molecule has 1 N–H and O–H groups in total. The van der Waals surface area contributed by atoms with E-state index >= 15 is 4.39 Å². The van der Waals surface area contributed by atoms with Gasteiger partial charge in [-0.05, 0) is 37.9 Å². The number of benzene rings is 1. The topological polar surface area (TPSA) is 116 Å². The van der Waals surface area contributed by atoms with E-state index in [2.05, 4.69) is 26.1 Å². The Morgan fingerprint density at radius 2 is 2.15 bits per heavy atom. The van der Waals surface area contributed by atoms with Crippen molar-refractivity contribution in [3.8, 4) is 6.07 Å². The fourth-order valence-corrected chi connectivity index (χ4v) is 6.94. The predicted octanol–water partition coefficient (Wildman–Crippen LogP) is 3.79. The Kier molecular flexibility index (Phi) is 7.57.